The quantitative estimate of drug-likeness (QED) is 0.787. The molecule has 6 heteroatoms. The molecule has 1 aromatic heterocycles. The number of benzene rings is 1. The fourth-order valence-corrected chi connectivity index (χ4v) is 2.77. The Labute approximate surface area is 140 Å². The van der Waals surface area contributed by atoms with E-state index in [1.54, 1.807) is 37.3 Å². The summed E-state index contributed by atoms with van der Waals surface area (Å²) in [4.78, 5) is 24.2. The summed E-state index contributed by atoms with van der Waals surface area (Å²) in [7, 11) is 0. The molecule has 2 amide bonds. The molecule has 3 rings (SSSR count). The SMILES string of the molecule is Cc1occc1C(=O)Nc1ccc(C(=O)NC[C@H]2CCCN2)cc1. The van der Waals surface area contributed by atoms with E-state index in [-0.39, 0.29) is 11.8 Å². The van der Waals surface area contributed by atoms with Crippen molar-refractivity contribution in [3.63, 3.8) is 0 Å². The van der Waals surface area contributed by atoms with E-state index < -0.39 is 0 Å². The van der Waals surface area contributed by atoms with E-state index in [0.717, 1.165) is 19.4 Å². The van der Waals surface area contributed by atoms with E-state index in [1.165, 1.54) is 6.26 Å². The van der Waals surface area contributed by atoms with Crippen LogP contribution < -0.4 is 16.0 Å². The van der Waals surface area contributed by atoms with Crippen molar-refractivity contribution in [2.45, 2.75) is 25.8 Å². The first-order chi connectivity index (χ1) is 11.6. The Hall–Kier alpha value is -2.60. The molecule has 1 aliphatic rings. The van der Waals surface area contributed by atoms with Gasteiger partial charge in [-0.05, 0) is 56.6 Å². The van der Waals surface area contributed by atoms with Gasteiger partial charge in [0.05, 0.1) is 11.8 Å². The van der Waals surface area contributed by atoms with Gasteiger partial charge in [0.25, 0.3) is 11.8 Å². The summed E-state index contributed by atoms with van der Waals surface area (Å²) in [5.74, 6) is 0.238. The highest BCUT2D eigenvalue weighted by atomic mass is 16.3. The average Bonchev–Trinajstić information content (AvgIpc) is 3.24. The van der Waals surface area contributed by atoms with Gasteiger partial charge in [0.1, 0.15) is 5.76 Å². The van der Waals surface area contributed by atoms with Gasteiger partial charge < -0.3 is 20.4 Å². The average molecular weight is 327 g/mol. The minimum atomic E-state index is -0.231. The molecule has 0 bridgehead atoms. The lowest BCUT2D eigenvalue weighted by molar-refractivity contribution is 0.0949. The molecule has 6 nitrogen and oxygen atoms in total. The van der Waals surface area contributed by atoms with Crippen LogP contribution in [-0.2, 0) is 0 Å². The van der Waals surface area contributed by atoms with Crippen LogP contribution in [-0.4, -0.2) is 30.9 Å². The molecule has 1 aromatic carbocycles. The summed E-state index contributed by atoms with van der Waals surface area (Å²) in [5.41, 5.74) is 1.71. The van der Waals surface area contributed by atoms with Gasteiger partial charge in [0, 0.05) is 23.8 Å². The second-order valence-electron chi connectivity index (χ2n) is 5.93. The maximum atomic E-state index is 12.1. The number of amides is 2. The zero-order chi connectivity index (χ0) is 16.9. The van der Waals surface area contributed by atoms with E-state index in [9.17, 15) is 9.59 Å². The molecule has 2 aromatic rings. The van der Waals surface area contributed by atoms with Crippen molar-refractivity contribution in [3.8, 4) is 0 Å². The summed E-state index contributed by atoms with van der Waals surface area (Å²) in [5, 5.41) is 9.06. The number of hydrogen-bond donors (Lipinski definition) is 3. The third-order valence-electron chi connectivity index (χ3n) is 4.18. The Morgan fingerprint density at radius 3 is 2.62 bits per heavy atom. The zero-order valence-corrected chi connectivity index (χ0v) is 13.6. The fourth-order valence-electron chi connectivity index (χ4n) is 2.77. The molecule has 3 N–H and O–H groups in total. The van der Waals surface area contributed by atoms with E-state index >= 15 is 0 Å². The Kier molecular flexibility index (Phi) is 4.96. The van der Waals surface area contributed by atoms with Crippen LogP contribution in [0.3, 0.4) is 0 Å². The first-order valence-corrected chi connectivity index (χ1v) is 8.10. The second kappa shape index (κ2) is 7.31. The lowest BCUT2D eigenvalue weighted by Crippen LogP contribution is -2.37. The van der Waals surface area contributed by atoms with Gasteiger partial charge in [-0.2, -0.15) is 0 Å². The summed E-state index contributed by atoms with van der Waals surface area (Å²) in [6.45, 7) is 3.39. The molecule has 2 heterocycles. The number of aryl methyl sites for hydroxylation is 1. The van der Waals surface area contributed by atoms with Crippen molar-refractivity contribution >= 4 is 17.5 Å². The van der Waals surface area contributed by atoms with Crippen LogP contribution in [0.4, 0.5) is 5.69 Å². The highest BCUT2D eigenvalue weighted by Crippen LogP contribution is 2.14. The standard InChI is InChI=1S/C18H21N3O3/c1-12-16(8-10-24-12)18(23)21-14-6-4-13(5-7-14)17(22)20-11-15-3-2-9-19-15/h4-8,10,15,19H,2-3,9,11H2,1H3,(H,20,22)(H,21,23)/t15-/m1/s1. The van der Waals surface area contributed by atoms with Crippen molar-refractivity contribution in [1.82, 2.24) is 10.6 Å². The van der Waals surface area contributed by atoms with E-state index in [1.807, 2.05) is 0 Å². The predicted molar refractivity (Wildman–Crippen MR) is 91.2 cm³/mol. The molecular formula is C18H21N3O3. The molecule has 1 aliphatic heterocycles. The molecule has 24 heavy (non-hydrogen) atoms. The van der Waals surface area contributed by atoms with E-state index in [2.05, 4.69) is 16.0 Å². The van der Waals surface area contributed by atoms with Gasteiger partial charge in [-0.15, -0.1) is 0 Å². The van der Waals surface area contributed by atoms with Gasteiger partial charge in [0.15, 0.2) is 0 Å². The number of carbonyl (C=O) groups is 2. The first-order valence-electron chi connectivity index (χ1n) is 8.10. The molecule has 126 valence electrons. The highest BCUT2D eigenvalue weighted by Gasteiger charge is 2.15. The maximum absolute atomic E-state index is 12.1. The number of furan rings is 1. The number of carbonyl (C=O) groups excluding carboxylic acids is 2. The lowest BCUT2D eigenvalue weighted by atomic mass is 10.1. The third-order valence-corrected chi connectivity index (χ3v) is 4.18. The van der Waals surface area contributed by atoms with Crippen molar-refractivity contribution in [2.75, 3.05) is 18.4 Å². The topological polar surface area (TPSA) is 83.4 Å². The van der Waals surface area contributed by atoms with Crippen molar-refractivity contribution in [1.29, 1.82) is 0 Å². The summed E-state index contributed by atoms with van der Waals surface area (Å²) >= 11 is 0. The summed E-state index contributed by atoms with van der Waals surface area (Å²) in [6, 6.07) is 8.84. The molecule has 1 saturated heterocycles. The van der Waals surface area contributed by atoms with Crippen LogP contribution in [0.15, 0.2) is 41.0 Å². The van der Waals surface area contributed by atoms with Gasteiger partial charge in [-0.25, -0.2) is 0 Å². The van der Waals surface area contributed by atoms with Crippen LogP contribution in [0.5, 0.6) is 0 Å². The largest absolute Gasteiger partial charge is 0.469 e. The van der Waals surface area contributed by atoms with Crippen molar-refractivity contribution < 1.29 is 14.0 Å². The van der Waals surface area contributed by atoms with Gasteiger partial charge in [-0.3, -0.25) is 9.59 Å². The first kappa shape index (κ1) is 16.3. The van der Waals surface area contributed by atoms with E-state index in [4.69, 9.17) is 4.42 Å². The Bertz CT molecular complexity index is 715. The van der Waals surface area contributed by atoms with Crippen LogP contribution in [0.2, 0.25) is 0 Å². The second-order valence-corrected chi connectivity index (χ2v) is 5.93. The van der Waals surface area contributed by atoms with Gasteiger partial charge >= 0.3 is 0 Å². The Balaban J connectivity index is 1.55. The molecule has 1 fully saturated rings. The van der Waals surface area contributed by atoms with Gasteiger partial charge in [0.2, 0.25) is 0 Å². The predicted octanol–water partition coefficient (Wildman–Crippen LogP) is 2.32. The maximum Gasteiger partial charge on any atom is 0.259 e. The smallest absolute Gasteiger partial charge is 0.259 e. The van der Waals surface area contributed by atoms with E-state index in [0.29, 0.717) is 35.2 Å². The monoisotopic (exact) mass is 327 g/mol. The lowest BCUT2D eigenvalue weighted by Gasteiger charge is -2.11. The highest BCUT2D eigenvalue weighted by molar-refractivity contribution is 6.05. The molecule has 0 aliphatic carbocycles. The Morgan fingerprint density at radius 2 is 2.00 bits per heavy atom. The molecule has 0 radical (unpaired) electrons. The van der Waals surface area contributed by atoms with Crippen LogP contribution >= 0.6 is 0 Å². The van der Waals surface area contributed by atoms with Crippen molar-refractivity contribution in [2.24, 2.45) is 0 Å². The van der Waals surface area contributed by atoms with Crippen LogP contribution in [0, 0.1) is 6.92 Å². The number of anilines is 1. The molecule has 0 spiro atoms. The van der Waals surface area contributed by atoms with Crippen LogP contribution in [0.25, 0.3) is 0 Å². The number of rotatable bonds is 5. The van der Waals surface area contributed by atoms with Crippen LogP contribution in [0.1, 0.15) is 39.3 Å². The minimum absolute atomic E-state index is 0.104. The summed E-state index contributed by atoms with van der Waals surface area (Å²) < 4.78 is 5.12. The molecule has 0 saturated carbocycles. The normalized spacial score (nSPS) is 16.8. The molecular weight excluding hydrogens is 306 g/mol. The van der Waals surface area contributed by atoms with Gasteiger partial charge in [-0.1, -0.05) is 0 Å². The fraction of sp³-hybridized carbons (Fsp3) is 0.333. The van der Waals surface area contributed by atoms with Crippen molar-refractivity contribution in [3.05, 3.63) is 53.5 Å². The minimum Gasteiger partial charge on any atom is -0.469 e. The Morgan fingerprint density at radius 1 is 1.21 bits per heavy atom. The number of hydrogen-bond acceptors (Lipinski definition) is 4. The number of nitrogens with one attached hydrogen (secondary N) is 3. The zero-order valence-electron chi connectivity index (χ0n) is 13.6. The summed E-state index contributed by atoms with van der Waals surface area (Å²) in [6.07, 6.45) is 3.74. The third kappa shape index (κ3) is 3.83. The molecule has 1 atom stereocenters. The molecule has 0 unspecified atom stereocenters.